The van der Waals surface area contributed by atoms with Crippen LogP contribution in [0.4, 0.5) is 0 Å². The van der Waals surface area contributed by atoms with E-state index < -0.39 is 5.78 Å². The molecule has 0 N–H and O–H groups in total. The number of ketones is 1. The molecule has 2 nitrogen and oxygen atoms in total. The summed E-state index contributed by atoms with van der Waals surface area (Å²) in [4.78, 5) is 23.3. The Morgan fingerprint density at radius 2 is 2.07 bits per heavy atom. The fourth-order valence-corrected chi connectivity index (χ4v) is 2.92. The largest absolute Gasteiger partial charge is 0.285 e. The SMILES string of the molecule is O=[C]C(=O)c1ccsc1-c1cccs1. The molecule has 0 aromatic carbocycles. The van der Waals surface area contributed by atoms with E-state index in [1.165, 1.54) is 17.6 Å². The third-order valence-corrected chi connectivity index (χ3v) is 3.71. The first-order chi connectivity index (χ1) is 6.83. The number of rotatable bonds is 3. The molecule has 4 heteroatoms. The first kappa shape index (κ1) is 9.30. The molecule has 0 bridgehead atoms. The summed E-state index contributed by atoms with van der Waals surface area (Å²) in [6, 6.07) is 5.50. The van der Waals surface area contributed by atoms with Crippen LogP contribution in [0.15, 0.2) is 29.0 Å². The summed E-state index contributed by atoms with van der Waals surface area (Å²) in [5.41, 5.74) is 0.451. The fraction of sp³-hybridized carbons (Fsp3) is 0. The van der Waals surface area contributed by atoms with Crippen molar-refractivity contribution in [2.75, 3.05) is 0 Å². The van der Waals surface area contributed by atoms with Crippen LogP contribution < -0.4 is 0 Å². The molecule has 69 valence electrons. The Morgan fingerprint density at radius 1 is 1.21 bits per heavy atom. The van der Waals surface area contributed by atoms with Gasteiger partial charge in [-0.1, -0.05) is 6.07 Å². The second kappa shape index (κ2) is 3.86. The molecule has 0 saturated heterocycles. The van der Waals surface area contributed by atoms with Gasteiger partial charge in [-0.25, -0.2) is 0 Å². The topological polar surface area (TPSA) is 34.1 Å². The minimum Gasteiger partial charge on any atom is -0.285 e. The van der Waals surface area contributed by atoms with Gasteiger partial charge in [0.25, 0.3) is 6.29 Å². The third-order valence-electron chi connectivity index (χ3n) is 1.75. The molecule has 0 atom stereocenters. The molecule has 0 amide bonds. The van der Waals surface area contributed by atoms with Crippen molar-refractivity contribution < 1.29 is 9.59 Å². The van der Waals surface area contributed by atoms with E-state index in [1.807, 2.05) is 17.5 Å². The molecule has 2 aromatic rings. The Kier molecular flexibility index (Phi) is 2.56. The summed E-state index contributed by atoms with van der Waals surface area (Å²) in [5.74, 6) is -0.574. The highest BCUT2D eigenvalue weighted by Gasteiger charge is 2.14. The van der Waals surface area contributed by atoms with Gasteiger partial charge >= 0.3 is 0 Å². The summed E-state index contributed by atoms with van der Waals surface area (Å²) in [7, 11) is 0. The Bertz CT molecular complexity index is 454. The van der Waals surface area contributed by atoms with Crippen molar-refractivity contribution in [3.8, 4) is 9.75 Å². The zero-order valence-electron chi connectivity index (χ0n) is 7.02. The second-order valence-electron chi connectivity index (χ2n) is 2.57. The summed E-state index contributed by atoms with van der Waals surface area (Å²) < 4.78 is 0. The lowest BCUT2D eigenvalue weighted by Crippen LogP contribution is -1.98. The van der Waals surface area contributed by atoms with Crippen molar-refractivity contribution in [1.29, 1.82) is 0 Å². The van der Waals surface area contributed by atoms with Gasteiger partial charge in [0, 0.05) is 10.4 Å². The average molecular weight is 221 g/mol. The van der Waals surface area contributed by atoms with E-state index in [9.17, 15) is 9.59 Å². The first-order valence-electron chi connectivity index (χ1n) is 3.87. The lowest BCUT2D eigenvalue weighted by Gasteiger charge is -1.94. The highest BCUT2D eigenvalue weighted by molar-refractivity contribution is 7.20. The highest BCUT2D eigenvalue weighted by atomic mass is 32.1. The third kappa shape index (κ3) is 1.54. The maximum Gasteiger partial charge on any atom is 0.277 e. The van der Waals surface area contributed by atoms with Crippen molar-refractivity contribution in [3.63, 3.8) is 0 Å². The molecular formula is C10H5O2S2. The molecule has 0 fully saturated rings. The van der Waals surface area contributed by atoms with Crippen LogP contribution in [0.5, 0.6) is 0 Å². The summed E-state index contributed by atoms with van der Waals surface area (Å²) >= 11 is 3.01. The van der Waals surface area contributed by atoms with Crippen molar-refractivity contribution in [1.82, 2.24) is 0 Å². The summed E-state index contributed by atoms with van der Waals surface area (Å²) in [6.45, 7) is 0. The summed E-state index contributed by atoms with van der Waals surface area (Å²) in [6.07, 6.45) is 1.39. The second-order valence-corrected chi connectivity index (χ2v) is 4.44. The Morgan fingerprint density at radius 3 is 2.71 bits per heavy atom. The van der Waals surface area contributed by atoms with Gasteiger partial charge in [0.05, 0.1) is 4.88 Å². The molecule has 0 unspecified atom stereocenters. The van der Waals surface area contributed by atoms with Crippen molar-refractivity contribution >= 4 is 34.7 Å². The number of hydrogen-bond donors (Lipinski definition) is 0. The van der Waals surface area contributed by atoms with Crippen LogP contribution in [-0.4, -0.2) is 12.1 Å². The monoisotopic (exact) mass is 221 g/mol. The van der Waals surface area contributed by atoms with Crippen LogP contribution in [0.3, 0.4) is 0 Å². The zero-order valence-corrected chi connectivity index (χ0v) is 8.65. The van der Waals surface area contributed by atoms with Crippen LogP contribution in [0, 0.1) is 0 Å². The molecule has 2 aromatic heterocycles. The fourth-order valence-electron chi connectivity index (χ4n) is 1.14. The highest BCUT2D eigenvalue weighted by Crippen LogP contribution is 2.32. The Balaban J connectivity index is 2.50. The number of carbonyl (C=O) groups excluding carboxylic acids is 2. The van der Waals surface area contributed by atoms with E-state index in [1.54, 1.807) is 22.8 Å². The number of Topliss-reactive ketones (excluding diaryl/α,β-unsaturated/α-hetero) is 1. The van der Waals surface area contributed by atoms with Gasteiger partial charge in [-0.3, -0.25) is 9.59 Å². The van der Waals surface area contributed by atoms with Crippen LogP contribution in [-0.2, 0) is 4.79 Å². The van der Waals surface area contributed by atoms with E-state index in [0.717, 1.165) is 9.75 Å². The smallest absolute Gasteiger partial charge is 0.277 e. The van der Waals surface area contributed by atoms with Gasteiger partial charge in [0.2, 0.25) is 5.78 Å². The number of carbonyl (C=O) groups is 1. The Labute approximate surface area is 88.8 Å². The molecule has 0 saturated carbocycles. The maximum atomic E-state index is 11.2. The quantitative estimate of drug-likeness (QED) is 0.590. The molecule has 2 rings (SSSR count). The van der Waals surface area contributed by atoms with E-state index in [4.69, 9.17) is 0 Å². The van der Waals surface area contributed by atoms with Gasteiger partial charge < -0.3 is 0 Å². The lowest BCUT2D eigenvalue weighted by molar-refractivity contribution is 0.106. The van der Waals surface area contributed by atoms with Crippen LogP contribution in [0.1, 0.15) is 10.4 Å². The predicted octanol–water partition coefficient (Wildman–Crippen LogP) is 2.77. The first-order valence-corrected chi connectivity index (χ1v) is 5.62. The average Bonchev–Trinajstić information content (AvgIpc) is 2.85. The van der Waals surface area contributed by atoms with Crippen LogP contribution in [0.25, 0.3) is 9.75 Å². The van der Waals surface area contributed by atoms with E-state index in [-0.39, 0.29) is 0 Å². The predicted molar refractivity (Wildman–Crippen MR) is 57.7 cm³/mol. The van der Waals surface area contributed by atoms with Gasteiger partial charge in [-0.05, 0) is 22.9 Å². The van der Waals surface area contributed by atoms with Crippen molar-refractivity contribution in [2.24, 2.45) is 0 Å². The normalized spacial score (nSPS) is 10.0. The summed E-state index contributed by atoms with van der Waals surface area (Å²) in [5, 5.41) is 3.74. The van der Waals surface area contributed by atoms with Crippen LogP contribution >= 0.6 is 22.7 Å². The van der Waals surface area contributed by atoms with Gasteiger partial charge in [0.15, 0.2) is 0 Å². The molecule has 2 heterocycles. The molecule has 1 radical (unpaired) electrons. The van der Waals surface area contributed by atoms with Crippen molar-refractivity contribution in [2.45, 2.75) is 0 Å². The maximum absolute atomic E-state index is 11.2. The Hall–Kier alpha value is -1.26. The van der Waals surface area contributed by atoms with Gasteiger partial charge in [-0.15, -0.1) is 22.7 Å². The number of hydrogen-bond acceptors (Lipinski definition) is 4. The molecule has 0 aliphatic rings. The minimum absolute atomic E-state index is 0.451. The van der Waals surface area contributed by atoms with E-state index in [0.29, 0.717) is 5.56 Å². The van der Waals surface area contributed by atoms with Gasteiger partial charge in [0.1, 0.15) is 0 Å². The standard InChI is InChI=1S/C10H5O2S2/c11-6-8(12)7-3-5-14-10(7)9-2-1-4-13-9/h1-5H. The van der Waals surface area contributed by atoms with E-state index >= 15 is 0 Å². The van der Waals surface area contributed by atoms with Crippen LogP contribution in [0.2, 0.25) is 0 Å². The van der Waals surface area contributed by atoms with E-state index in [2.05, 4.69) is 0 Å². The van der Waals surface area contributed by atoms with Crippen molar-refractivity contribution in [3.05, 3.63) is 34.5 Å². The molecular weight excluding hydrogens is 216 g/mol. The molecule has 0 aliphatic heterocycles. The number of thiophene rings is 2. The molecule has 14 heavy (non-hydrogen) atoms. The molecule has 0 aliphatic carbocycles. The minimum atomic E-state index is -0.574. The molecule has 0 spiro atoms. The van der Waals surface area contributed by atoms with Gasteiger partial charge in [-0.2, -0.15) is 0 Å². The lowest BCUT2D eigenvalue weighted by atomic mass is 10.1. The zero-order chi connectivity index (χ0) is 9.97.